The molecule has 0 bridgehead atoms. The average Bonchev–Trinajstić information content (AvgIpc) is 2.50. The number of phenols is 2. The lowest BCUT2D eigenvalue weighted by Gasteiger charge is -2.07. The largest absolute Gasteiger partial charge is 0.508 e. The lowest BCUT2D eigenvalue weighted by molar-refractivity contribution is 0.174. The first-order valence-corrected chi connectivity index (χ1v) is 6.98. The van der Waals surface area contributed by atoms with E-state index in [-0.39, 0.29) is 11.5 Å². The van der Waals surface area contributed by atoms with Crippen LogP contribution in [0.1, 0.15) is 25.0 Å². The fourth-order valence-corrected chi connectivity index (χ4v) is 1.82. The molecule has 0 atom stereocenters. The number of allylic oxidation sites excluding steroid dienone is 1. The predicted octanol–water partition coefficient (Wildman–Crippen LogP) is 3.83. The van der Waals surface area contributed by atoms with Crippen molar-refractivity contribution in [2.45, 2.75) is 13.8 Å². The maximum atomic E-state index is 9.41. The first-order chi connectivity index (χ1) is 10.6. The quantitative estimate of drug-likeness (QED) is 0.381. The van der Waals surface area contributed by atoms with Crippen molar-refractivity contribution in [1.82, 2.24) is 0 Å². The normalized spacial score (nSPS) is 9.91. The van der Waals surface area contributed by atoms with Crippen molar-refractivity contribution in [3.8, 4) is 11.5 Å². The number of hydrogen-bond acceptors (Lipinski definition) is 4. The van der Waals surface area contributed by atoms with Crippen LogP contribution in [0.3, 0.4) is 0 Å². The number of phenolic OH excluding ortho intramolecular Hbond substituents is 2. The van der Waals surface area contributed by atoms with Gasteiger partial charge < -0.3 is 15.1 Å². The van der Waals surface area contributed by atoms with Crippen LogP contribution in [0.5, 0.6) is 11.5 Å². The zero-order valence-electron chi connectivity index (χ0n) is 12.7. The molecule has 0 aliphatic rings. The third-order valence-electron chi connectivity index (χ3n) is 3.00. The summed E-state index contributed by atoms with van der Waals surface area (Å²) >= 11 is 0. The van der Waals surface area contributed by atoms with E-state index in [2.05, 4.69) is 5.16 Å². The van der Waals surface area contributed by atoms with Gasteiger partial charge in [0.2, 0.25) is 0 Å². The van der Waals surface area contributed by atoms with Gasteiger partial charge in [0.05, 0.1) is 0 Å². The highest BCUT2D eigenvalue weighted by Gasteiger charge is 2.08. The Balaban J connectivity index is 2.31. The topological polar surface area (TPSA) is 62.0 Å². The predicted molar refractivity (Wildman–Crippen MR) is 87.2 cm³/mol. The molecule has 0 spiro atoms. The van der Waals surface area contributed by atoms with Gasteiger partial charge in [0.25, 0.3) is 0 Å². The Morgan fingerprint density at radius 2 is 1.36 bits per heavy atom. The van der Waals surface area contributed by atoms with Crippen molar-refractivity contribution in [3.05, 3.63) is 71.3 Å². The molecule has 0 fully saturated rings. The fourth-order valence-electron chi connectivity index (χ4n) is 1.82. The summed E-state index contributed by atoms with van der Waals surface area (Å²) in [7, 11) is 0. The molecular formula is C18H19NO3. The van der Waals surface area contributed by atoms with Crippen LogP contribution in [0, 0.1) is 0 Å². The number of rotatable bonds is 5. The van der Waals surface area contributed by atoms with Gasteiger partial charge in [-0.2, -0.15) is 0 Å². The fraction of sp³-hybridized carbons (Fsp3) is 0.167. The first-order valence-electron chi connectivity index (χ1n) is 6.98. The number of nitrogens with zero attached hydrogens (tertiary/aromatic N) is 1. The van der Waals surface area contributed by atoms with Crippen molar-refractivity contribution in [2.24, 2.45) is 5.16 Å². The Bertz CT molecular complexity index is 619. The molecule has 0 unspecified atom stereocenters. The molecule has 0 aliphatic heterocycles. The van der Waals surface area contributed by atoms with E-state index < -0.39 is 0 Å². The highest BCUT2D eigenvalue weighted by Crippen LogP contribution is 2.17. The van der Waals surface area contributed by atoms with Crippen LogP contribution in [0.15, 0.2) is 65.3 Å². The summed E-state index contributed by atoms with van der Waals surface area (Å²) in [6.45, 7) is 4.38. The molecule has 0 radical (unpaired) electrons. The maximum Gasteiger partial charge on any atom is 0.135 e. The third kappa shape index (κ3) is 4.38. The van der Waals surface area contributed by atoms with Gasteiger partial charge in [-0.3, -0.25) is 0 Å². The van der Waals surface area contributed by atoms with E-state index in [0.717, 1.165) is 16.7 Å². The molecule has 0 aromatic heterocycles. The van der Waals surface area contributed by atoms with E-state index >= 15 is 0 Å². The smallest absolute Gasteiger partial charge is 0.135 e. The molecule has 2 N–H and O–H groups in total. The molecule has 2 aromatic carbocycles. The van der Waals surface area contributed by atoms with Crippen molar-refractivity contribution in [2.75, 3.05) is 6.61 Å². The summed E-state index contributed by atoms with van der Waals surface area (Å²) in [5.74, 6) is 0.388. The molecule has 0 saturated heterocycles. The monoisotopic (exact) mass is 297 g/mol. The summed E-state index contributed by atoms with van der Waals surface area (Å²) in [5, 5.41) is 23.0. The molecule has 2 rings (SSSR count). The Kier molecular flexibility index (Phi) is 5.20. The molecule has 114 valence electrons. The van der Waals surface area contributed by atoms with Gasteiger partial charge >= 0.3 is 0 Å². The van der Waals surface area contributed by atoms with Crippen LogP contribution >= 0.6 is 0 Å². The van der Waals surface area contributed by atoms with Gasteiger partial charge in [-0.15, -0.1) is 0 Å². The zero-order valence-corrected chi connectivity index (χ0v) is 12.7. The molecule has 4 heteroatoms. The van der Waals surface area contributed by atoms with Crippen molar-refractivity contribution in [1.29, 1.82) is 0 Å². The molecule has 0 aliphatic carbocycles. The van der Waals surface area contributed by atoms with Crippen LogP contribution in [-0.2, 0) is 4.84 Å². The third-order valence-corrected chi connectivity index (χ3v) is 3.00. The van der Waals surface area contributed by atoms with Crippen LogP contribution in [0.25, 0.3) is 0 Å². The Morgan fingerprint density at radius 3 is 1.77 bits per heavy atom. The average molecular weight is 297 g/mol. The van der Waals surface area contributed by atoms with E-state index in [9.17, 15) is 10.2 Å². The van der Waals surface area contributed by atoms with Crippen molar-refractivity contribution >= 4 is 5.71 Å². The molecule has 2 aromatic rings. The number of oxime groups is 1. The van der Waals surface area contributed by atoms with Crippen LogP contribution in [-0.4, -0.2) is 22.5 Å². The molecule has 0 amide bonds. The first kappa shape index (κ1) is 15.6. The second-order valence-corrected chi connectivity index (χ2v) is 5.11. The maximum absolute atomic E-state index is 9.41. The summed E-state index contributed by atoms with van der Waals surface area (Å²) in [6, 6.07) is 13.5. The molecule has 0 saturated carbocycles. The second-order valence-electron chi connectivity index (χ2n) is 5.11. The summed E-state index contributed by atoms with van der Waals surface area (Å²) in [4.78, 5) is 5.36. The molecular weight excluding hydrogens is 278 g/mol. The minimum Gasteiger partial charge on any atom is -0.508 e. The standard InChI is InChI=1S/C18H19NO3/c1-13(2)11-12-22-19-18(14-3-7-16(20)8-4-14)15-5-9-17(21)10-6-15/h3-11,20-21H,12H2,1-2H3. The van der Waals surface area contributed by atoms with Gasteiger partial charge in [0.1, 0.15) is 23.8 Å². The minimum atomic E-state index is 0.194. The Morgan fingerprint density at radius 1 is 0.909 bits per heavy atom. The van der Waals surface area contributed by atoms with Crippen LogP contribution in [0.2, 0.25) is 0 Å². The number of benzene rings is 2. The lowest BCUT2D eigenvalue weighted by Crippen LogP contribution is -2.04. The number of aromatic hydroxyl groups is 2. The summed E-state index contributed by atoms with van der Waals surface area (Å²) < 4.78 is 0. The van der Waals surface area contributed by atoms with Gasteiger partial charge in [-0.05, 0) is 68.5 Å². The highest BCUT2D eigenvalue weighted by atomic mass is 16.6. The molecule has 0 heterocycles. The zero-order chi connectivity index (χ0) is 15.9. The number of hydrogen-bond donors (Lipinski definition) is 2. The van der Waals surface area contributed by atoms with E-state index in [4.69, 9.17) is 4.84 Å². The van der Waals surface area contributed by atoms with E-state index in [1.165, 1.54) is 0 Å². The summed E-state index contributed by atoms with van der Waals surface area (Å²) in [5.41, 5.74) is 3.44. The van der Waals surface area contributed by atoms with Crippen molar-refractivity contribution < 1.29 is 15.1 Å². The van der Waals surface area contributed by atoms with Crippen LogP contribution in [0.4, 0.5) is 0 Å². The van der Waals surface area contributed by atoms with Crippen molar-refractivity contribution in [3.63, 3.8) is 0 Å². The van der Waals surface area contributed by atoms with E-state index in [1.807, 2.05) is 19.9 Å². The van der Waals surface area contributed by atoms with Crippen LogP contribution < -0.4 is 0 Å². The van der Waals surface area contributed by atoms with Gasteiger partial charge in [0, 0.05) is 11.1 Å². The minimum absolute atomic E-state index is 0.194. The summed E-state index contributed by atoms with van der Waals surface area (Å²) in [6.07, 6.45) is 1.94. The van der Waals surface area contributed by atoms with Gasteiger partial charge in [0.15, 0.2) is 0 Å². The van der Waals surface area contributed by atoms with E-state index in [1.54, 1.807) is 48.5 Å². The Labute approximate surface area is 130 Å². The Hall–Kier alpha value is -2.75. The van der Waals surface area contributed by atoms with Gasteiger partial charge in [-0.25, -0.2) is 0 Å². The van der Waals surface area contributed by atoms with E-state index in [0.29, 0.717) is 12.3 Å². The lowest BCUT2D eigenvalue weighted by atomic mass is 10.0. The highest BCUT2D eigenvalue weighted by molar-refractivity contribution is 6.12. The van der Waals surface area contributed by atoms with Gasteiger partial charge in [-0.1, -0.05) is 10.7 Å². The molecule has 4 nitrogen and oxygen atoms in total. The molecule has 22 heavy (non-hydrogen) atoms. The second kappa shape index (κ2) is 7.31. The SMILES string of the molecule is CC(C)=CCON=C(c1ccc(O)cc1)c1ccc(O)cc1.